The second kappa shape index (κ2) is 3.08. The highest BCUT2D eigenvalue weighted by molar-refractivity contribution is 8.00. The van der Waals surface area contributed by atoms with Crippen LogP contribution in [0.25, 0.3) is 10.2 Å². The van der Waals surface area contributed by atoms with Crippen molar-refractivity contribution in [2.24, 2.45) is 0 Å². The van der Waals surface area contributed by atoms with Crippen LogP contribution < -0.4 is 0 Å². The molecule has 0 saturated carbocycles. The Balaban J connectivity index is 2.70. The summed E-state index contributed by atoms with van der Waals surface area (Å²) in [5.41, 5.74) is 0.727. The zero-order valence-corrected chi connectivity index (χ0v) is 8.45. The van der Waals surface area contributed by atoms with Crippen LogP contribution in [0.4, 0.5) is 0 Å². The molecular weight excluding hydrogens is 206 g/mol. The summed E-state index contributed by atoms with van der Waals surface area (Å²) in [4.78, 5) is 4.24. The summed E-state index contributed by atoms with van der Waals surface area (Å²) in [6.07, 6.45) is 1.94. The molecule has 2 N–H and O–H groups in total. The van der Waals surface area contributed by atoms with Crippen molar-refractivity contribution in [3.63, 3.8) is 0 Å². The lowest BCUT2D eigenvalue weighted by molar-refractivity contribution is 0.405. The number of thioether (sulfide) groups is 1. The van der Waals surface area contributed by atoms with Crippen molar-refractivity contribution >= 4 is 33.3 Å². The summed E-state index contributed by atoms with van der Waals surface area (Å²) in [5.74, 6) is -0.214. The molecule has 1 aromatic carbocycles. The molecule has 68 valence electrons. The molecule has 13 heavy (non-hydrogen) atoms. The van der Waals surface area contributed by atoms with Crippen LogP contribution >= 0.6 is 23.1 Å². The lowest BCUT2D eigenvalue weighted by atomic mass is 10.3. The van der Waals surface area contributed by atoms with Crippen LogP contribution in [0.15, 0.2) is 16.5 Å². The minimum atomic E-state index is -0.120. The summed E-state index contributed by atoms with van der Waals surface area (Å²) in [5, 5.41) is 18.4. The van der Waals surface area contributed by atoms with Crippen molar-refractivity contribution in [3.8, 4) is 11.5 Å². The van der Waals surface area contributed by atoms with Crippen molar-refractivity contribution in [1.29, 1.82) is 0 Å². The van der Waals surface area contributed by atoms with E-state index in [1.165, 1.54) is 23.5 Å². The highest BCUT2D eigenvalue weighted by Crippen LogP contribution is 2.35. The number of fused-ring (bicyclic) bond motifs is 1. The third-order valence-electron chi connectivity index (χ3n) is 1.64. The Morgan fingerprint density at radius 1 is 1.31 bits per heavy atom. The van der Waals surface area contributed by atoms with Gasteiger partial charge < -0.3 is 10.2 Å². The molecule has 2 rings (SSSR count). The number of rotatable bonds is 1. The van der Waals surface area contributed by atoms with E-state index in [0.717, 1.165) is 14.6 Å². The molecule has 0 bridgehead atoms. The summed E-state index contributed by atoms with van der Waals surface area (Å²) in [7, 11) is 0. The maximum atomic E-state index is 9.22. The molecular formula is C8H7NO2S2. The van der Waals surface area contributed by atoms with Gasteiger partial charge in [0.05, 0.1) is 10.2 Å². The number of hydrogen-bond donors (Lipinski definition) is 2. The van der Waals surface area contributed by atoms with E-state index in [-0.39, 0.29) is 11.5 Å². The number of nitrogens with zero attached hydrogens (tertiary/aromatic N) is 1. The van der Waals surface area contributed by atoms with Crippen LogP contribution in [0.3, 0.4) is 0 Å². The van der Waals surface area contributed by atoms with Crippen LogP contribution in [0, 0.1) is 0 Å². The van der Waals surface area contributed by atoms with Gasteiger partial charge in [0.25, 0.3) is 0 Å². The van der Waals surface area contributed by atoms with Gasteiger partial charge in [-0.25, -0.2) is 4.98 Å². The SMILES string of the molecule is CSc1nc2cc(O)c(O)cc2s1. The topological polar surface area (TPSA) is 53.4 Å². The summed E-state index contributed by atoms with van der Waals surface area (Å²) >= 11 is 3.05. The molecule has 0 fully saturated rings. The second-order valence-corrected chi connectivity index (χ2v) is 4.58. The van der Waals surface area contributed by atoms with Gasteiger partial charge in [0, 0.05) is 12.1 Å². The van der Waals surface area contributed by atoms with Crippen molar-refractivity contribution in [3.05, 3.63) is 12.1 Å². The molecule has 0 unspecified atom stereocenters. The number of aromatic hydroxyl groups is 2. The van der Waals surface area contributed by atoms with Crippen molar-refractivity contribution < 1.29 is 10.2 Å². The van der Waals surface area contributed by atoms with E-state index in [2.05, 4.69) is 4.98 Å². The van der Waals surface area contributed by atoms with E-state index >= 15 is 0 Å². The molecule has 3 nitrogen and oxygen atoms in total. The number of thiazole rings is 1. The lowest BCUT2D eigenvalue weighted by Gasteiger charge is -1.94. The van der Waals surface area contributed by atoms with Crippen LogP contribution in [0.2, 0.25) is 0 Å². The molecule has 0 aliphatic heterocycles. The first-order valence-corrected chi connectivity index (χ1v) is 5.61. The van der Waals surface area contributed by atoms with Crippen LogP contribution in [-0.2, 0) is 0 Å². The predicted octanol–water partition coefficient (Wildman–Crippen LogP) is 2.43. The largest absolute Gasteiger partial charge is 0.504 e. The molecule has 0 aliphatic carbocycles. The fourth-order valence-corrected chi connectivity index (χ4v) is 2.52. The first-order chi connectivity index (χ1) is 6.20. The van der Waals surface area contributed by atoms with Crippen molar-refractivity contribution in [2.75, 3.05) is 6.26 Å². The molecule has 0 saturated heterocycles. The first-order valence-electron chi connectivity index (χ1n) is 3.57. The molecule has 1 aromatic heterocycles. The monoisotopic (exact) mass is 213 g/mol. The van der Waals surface area contributed by atoms with Crippen LogP contribution in [0.5, 0.6) is 11.5 Å². The van der Waals surface area contributed by atoms with Gasteiger partial charge in [-0.3, -0.25) is 0 Å². The molecule has 0 amide bonds. The minimum absolute atomic E-state index is 0.0937. The average molecular weight is 213 g/mol. The van der Waals surface area contributed by atoms with Gasteiger partial charge in [-0.15, -0.1) is 11.3 Å². The van der Waals surface area contributed by atoms with Gasteiger partial charge in [0.1, 0.15) is 0 Å². The van der Waals surface area contributed by atoms with Gasteiger partial charge in [-0.1, -0.05) is 11.8 Å². The molecule has 0 atom stereocenters. The van der Waals surface area contributed by atoms with Crippen LogP contribution in [0.1, 0.15) is 0 Å². The Bertz CT molecular complexity index is 414. The number of hydrogen-bond acceptors (Lipinski definition) is 5. The van der Waals surface area contributed by atoms with E-state index in [9.17, 15) is 10.2 Å². The summed E-state index contributed by atoms with van der Waals surface area (Å²) in [6.45, 7) is 0. The smallest absolute Gasteiger partial charge is 0.159 e. The first kappa shape index (κ1) is 8.65. The summed E-state index contributed by atoms with van der Waals surface area (Å²) < 4.78 is 1.82. The van der Waals surface area contributed by atoms with Crippen molar-refractivity contribution in [1.82, 2.24) is 4.98 Å². The second-order valence-electron chi connectivity index (χ2n) is 2.49. The van der Waals surface area contributed by atoms with E-state index < -0.39 is 0 Å². The van der Waals surface area contributed by atoms with Gasteiger partial charge in [-0.05, 0) is 6.26 Å². The van der Waals surface area contributed by atoms with Gasteiger partial charge in [0.15, 0.2) is 15.8 Å². The molecule has 2 aromatic rings. The number of aromatic nitrogens is 1. The zero-order chi connectivity index (χ0) is 9.42. The Kier molecular flexibility index (Phi) is 2.05. The maximum Gasteiger partial charge on any atom is 0.159 e. The maximum absolute atomic E-state index is 9.22. The van der Waals surface area contributed by atoms with Crippen LogP contribution in [-0.4, -0.2) is 21.5 Å². The Hall–Kier alpha value is -0.940. The normalized spacial score (nSPS) is 10.8. The third kappa shape index (κ3) is 1.45. The zero-order valence-electron chi connectivity index (χ0n) is 6.81. The highest BCUT2D eigenvalue weighted by atomic mass is 32.2. The molecule has 0 aliphatic rings. The van der Waals surface area contributed by atoms with Gasteiger partial charge in [-0.2, -0.15) is 0 Å². The lowest BCUT2D eigenvalue weighted by Crippen LogP contribution is -1.70. The fraction of sp³-hybridized carbons (Fsp3) is 0.125. The number of phenolic OH excluding ortho intramolecular Hbond substituents is 2. The van der Waals surface area contributed by atoms with Gasteiger partial charge >= 0.3 is 0 Å². The molecule has 5 heteroatoms. The minimum Gasteiger partial charge on any atom is -0.504 e. The third-order valence-corrected chi connectivity index (χ3v) is 3.64. The Labute approximate surface area is 83.0 Å². The average Bonchev–Trinajstić information content (AvgIpc) is 2.48. The standard InChI is InChI=1S/C8H7NO2S2/c1-12-8-9-4-2-5(10)6(11)3-7(4)13-8/h2-3,10-11H,1H3. The molecule has 0 spiro atoms. The van der Waals surface area contributed by atoms with E-state index in [1.54, 1.807) is 11.8 Å². The predicted molar refractivity (Wildman–Crippen MR) is 54.7 cm³/mol. The van der Waals surface area contributed by atoms with E-state index in [1.807, 2.05) is 6.26 Å². The summed E-state index contributed by atoms with van der Waals surface area (Å²) in [6, 6.07) is 3.00. The van der Waals surface area contributed by atoms with E-state index in [4.69, 9.17) is 0 Å². The number of benzene rings is 1. The molecule has 1 heterocycles. The quantitative estimate of drug-likeness (QED) is 0.564. The fourth-order valence-electron chi connectivity index (χ4n) is 1.02. The van der Waals surface area contributed by atoms with Gasteiger partial charge in [0.2, 0.25) is 0 Å². The number of phenols is 2. The Morgan fingerprint density at radius 2 is 2.00 bits per heavy atom. The van der Waals surface area contributed by atoms with Crippen molar-refractivity contribution in [2.45, 2.75) is 4.34 Å². The van der Waals surface area contributed by atoms with E-state index in [0.29, 0.717) is 0 Å². The molecule has 0 radical (unpaired) electrons. The highest BCUT2D eigenvalue weighted by Gasteiger charge is 2.07. The Morgan fingerprint density at radius 3 is 2.69 bits per heavy atom.